The molecule has 1 amide bonds. The lowest BCUT2D eigenvalue weighted by atomic mass is 10.2. The van der Waals surface area contributed by atoms with Gasteiger partial charge in [0.05, 0.1) is 25.0 Å². The van der Waals surface area contributed by atoms with E-state index in [1.54, 1.807) is 17.9 Å². The number of methoxy groups -OCH3 is 1. The van der Waals surface area contributed by atoms with Crippen LogP contribution in [0.25, 0.3) is 17.1 Å². The monoisotopic (exact) mass is 395 g/mol. The van der Waals surface area contributed by atoms with E-state index < -0.39 is 0 Å². The van der Waals surface area contributed by atoms with Crippen molar-refractivity contribution in [1.29, 1.82) is 0 Å². The predicted molar refractivity (Wildman–Crippen MR) is 108 cm³/mol. The molecule has 29 heavy (non-hydrogen) atoms. The molecular formula is C22H25N3O4. The average molecular weight is 395 g/mol. The van der Waals surface area contributed by atoms with Crippen molar-refractivity contribution in [2.24, 2.45) is 0 Å². The Balaban J connectivity index is 1.75. The van der Waals surface area contributed by atoms with Crippen molar-refractivity contribution < 1.29 is 18.7 Å². The average Bonchev–Trinajstić information content (AvgIpc) is 3.33. The van der Waals surface area contributed by atoms with Crippen LogP contribution < -0.4 is 4.74 Å². The Morgan fingerprint density at radius 3 is 2.38 bits per heavy atom. The summed E-state index contributed by atoms with van der Waals surface area (Å²) in [7, 11) is 1.62. The number of carbonyl (C=O) groups excluding carboxylic acids is 1. The standard InChI is InChI=1S/C22H25N3O4/c1-14-5-10-21(29-14)19-11-20(22(26)24-12-15(2)28-16(3)13-24)25(23-19)17-6-8-18(27-4)9-7-17/h5-11,15-16H,12-13H2,1-4H3. The molecule has 7 nitrogen and oxygen atoms in total. The number of aromatic nitrogens is 2. The summed E-state index contributed by atoms with van der Waals surface area (Å²) in [5.41, 5.74) is 1.88. The van der Waals surface area contributed by atoms with Crippen LogP contribution in [0, 0.1) is 6.92 Å². The molecule has 1 aliphatic rings. The molecule has 2 aromatic heterocycles. The quantitative estimate of drug-likeness (QED) is 0.674. The minimum atomic E-state index is -0.0788. The largest absolute Gasteiger partial charge is 0.497 e. The van der Waals surface area contributed by atoms with Crippen molar-refractivity contribution in [2.45, 2.75) is 33.0 Å². The molecule has 0 aliphatic carbocycles. The first kappa shape index (κ1) is 19.3. The normalized spacial score (nSPS) is 19.4. The number of benzene rings is 1. The predicted octanol–water partition coefficient (Wildman–Crippen LogP) is 3.70. The molecule has 0 radical (unpaired) electrons. The van der Waals surface area contributed by atoms with Gasteiger partial charge < -0.3 is 18.8 Å². The maximum Gasteiger partial charge on any atom is 0.272 e. The van der Waals surface area contributed by atoms with Gasteiger partial charge in [-0.1, -0.05) is 0 Å². The Morgan fingerprint density at radius 1 is 1.10 bits per heavy atom. The number of rotatable bonds is 4. The van der Waals surface area contributed by atoms with E-state index in [1.807, 2.05) is 62.1 Å². The lowest BCUT2D eigenvalue weighted by Gasteiger charge is -2.35. The number of hydrogen-bond donors (Lipinski definition) is 0. The molecule has 0 bridgehead atoms. The summed E-state index contributed by atoms with van der Waals surface area (Å²) in [4.78, 5) is 15.2. The van der Waals surface area contributed by atoms with Gasteiger partial charge in [-0.3, -0.25) is 4.79 Å². The lowest BCUT2D eigenvalue weighted by Crippen LogP contribution is -2.48. The van der Waals surface area contributed by atoms with Gasteiger partial charge in [0.2, 0.25) is 0 Å². The topological polar surface area (TPSA) is 69.7 Å². The maximum atomic E-state index is 13.4. The SMILES string of the molecule is COc1ccc(-n2nc(-c3ccc(C)o3)cc2C(=O)N2CC(C)OC(C)C2)cc1. The van der Waals surface area contributed by atoms with Gasteiger partial charge in [-0.05, 0) is 57.2 Å². The molecular weight excluding hydrogens is 370 g/mol. The number of hydrogen-bond acceptors (Lipinski definition) is 5. The van der Waals surface area contributed by atoms with Crippen LogP contribution in [0.5, 0.6) is 5.75 Å². The molecule has 2 atom stereocenters. The van der Waals surface area contributed by atoms with E-state index in [-0.39, 0.29) is 18.1 Å². The molecule has 1 saturated heterocycles. The van der Waals surface area contributed by atoms with Crippen molar-refractivity contribution >= 4 is 5.91 Å². The molecule has 152 valence electrons. The van der Waals surface area contributed by atoms with E-state index >= 15 is 0 Å². The number of amides is 1. The minimum Gasteiger partial charge on any atom is -0.497 e. The minimum absolute atomic E-state index is 0.00717. The molecule has 2 unspecified atom stereocenters. The third-order valence-corrected chi connectivity index (χ3v) is 4.95. The Hall–Kier alpha value is -3.06. The van der Waals surface area contributed by atoms with E-state index in [0.29, 0.717) is 30.2 Å². The smallest absolute Gasteiger partial charge is 0.272 e. The van der Waals surface area contributed by atoms with Crippen LogP contribution in [0.1, 0.15) is 30.1 Å². The molecule has 4 rings (SSSR count). The van der Waals surface area contributed by atoms with Gasteiger partial charge in [0.15, 0.2) is 5.76 Å². The summed E-state index contributed by atoms with van der Waals surface area (Å²) in [6.45, 7) is 6.94. The second-order valence-electron chi connectivity index (χ2n) is 7.40. The third-order valence-electron chi connectivity index (χ3n) is 4.95. The summed E-state index contributed by atoms with van der Waals surface area (Å²) in [6.07, 6.45) is -0.0143. The highest BCUT2D eigenvalue weighted by atomic mass is 16.5. The second kappa shape index (κ2) is 7.75. The van der Waals surface area contributed by atoms with Crippen LogP contribution in [0.3, 0.4) is 0 Å². The Kier molecular flexibility index (Phi) is 5.15. The molecule has 3 aromatic rings. The summed E-state index contributed by atoms with van der Waals surface area (Å²) in [5, 5.41) is 4.68. The van der Waals surface area contributed by atoms with Gasteiger partial charge in [-0.25, -0.2) is 4.68 Å². The van der Waals surface area contributed by atoms with Crippen LogP contribution in [0.2, 0.25) is 0 Å². The van der Waals surface area contributed by atoms with Crippen LogP contribution >= 0.6 is 0 Å². The molecule has 1 aromatic carbocycles. The Labute approximate surface area is 169 Å². The first-order chi connectivity index (χ1) is 13.9. The summed E-state index contributed by atoms with van der Waals surface area (Å²) >= 11 is 0. The highest BCUT2D eigenvalue weighted by molar-refractivity contribution is 5.94. The van der Waals surface area contributed by atoms with Gasteiger partial charge in [-0.15, -0.1) is 0 Å². The Morgan fingerprint density at radius 2 is 1.79 bits per heavy atom. The number of nitrogens with zero attached hydrogens (tertiary/aromatic N) is 3. The van der Waals surface area contributed by atoms with E-state index in [1.165, 1.54) is 0 Å². The van der Waals surface area contributed by atoms with Crippen LogP contribution in [-0.4, -0.2) is 53.0 Å². The first-order valence-corrected chi connectivity index (χ1v) is 9.70. The van der Waals surface area contributed by atoms with E-state index in [9.17, 15) is 4.79 Å². The molecule has 1 fully saturated rings. The molecule has 0 spiro atoms. The van der Waals surface area contributed by atoms with Crippen molar-refractivity contribution in [3.8, 4) is 22.9 Å². The van der Waals surface area contributed by atoms with Crippen molar-refractivity contribution in [3.63, 3.8) is 0 Å². The molecule has 7 heteroatoms. The van der Waals surface area contributed by atoms with Crippen LogP contribution in [0.4, 0.5) is 0 Å². The molecule has 3 heterocycles. The van der Waals surface area contributed by atoms with Crippen LogP contribution in [0.15, 0.2) is 46.9 Å². The molecule has 1 aliphatic heterocycles. The molecule has 0 saturated carbocycles. The van der Waals surface area contributed by atoms with E-state index in [2.05, 4.69) is 5.10 Å². The number of aryl methyl sites for hydroxylation is 1. The molecule has 0 N–H and O–H groups in total. The zero-order valence-electron chi connectivity index (χ0n) is 17.1. The lowest BCUT2D eigenvalue weighted by molar-refractivity contribution is -0.0588. The van der Waals surface area contributed by atoms with Gasteiger partial charge >= 0.3 is 0 Å². The number of ether oxygens (including phenoxy) is 2. The second-order valence-corrected chi connectivity index (χ2v) is 7.40. The first-order valence-electron chi connectivity index (χ1n) is 9.70. The van der Waals surface area contributed by atoms with Gasteiger partial charge in [-0.2, -0.15) is 5.10 Å². The zero-order valence-corrected chi connectivity index (χ0v) is 17.1. The van der Waals surface area contributed by atoms with Crippen LogP contribution in [-0.2, 0) is 4.74 Å². The fraction of sp³-hybridized carbons (Fsp3) is 0.364. The van der Waals surface area contributed by atoms with Gasteiger partial charge in [0.1, 0.15) is 22.9 Å². The number of morpholine rings is 1. The van der Waals surface area contributed by atoms with Crippen molar-refractivity contribution in [1.82, 2.24) is 14.7 Å². The Bertz CT molecular complexity index is 995. The zero-order chi connectivity index (χ0) is 20.5. The fourth-order valence-corrected chi connectivity index (χ4v) is 3.65. The number of carbonyl (C=O) groups is 1. The highest BCUT2D eigenvalue weighted by Crippen LogP contribution is 2.26. The third kappa shape index (κ3) is 3.91. The summed E-state index contributed by atoms with van der Waals surface area (Å²) in [5.74, 6) is 2.09. The maximum absolute atomic E-state index is 13.4. The summed E-state index contributed by atoms with van der Waals surface area (Å²) < 4.78 is 18.4. The van der Waals surface area contributed by atoms with E-state index in [4.69, 9.17) is 13.9 Å². The highest BCUT2D eigenvalue weighted by Gasteiger charge is 2.29. The number of furan rings is 1. The summed E-state index contributed by atoms with van der Waals surface area (Å²) in [6, 6.07) is 13.0. The fourth-order valence-electron chi connectivity index (χ4n) is 3.65. The van der Waals surface area contributed by atoms with Crippen molar-refractivity contribution in [2.75, 3.05) is 20.2 Å². The van der Waals surface area contributed by atoms with Gasteiger partial charge in [0.25, 0.3) is 5.91 Å². The van der Waals surface area contributed by atoms with E-state index in [0.717, 1.165) is 17.2 Å². The van der Waals surface area contributed by atoms with Crippen molar-refractivity contribution in [3.05, 3.63) is 53.9 Å². The van der Waals surface area contributed by atoms with Gasteiger partial charge in [0, 0.05) is 19.2 Å².